The molecule has 0 aromatic heterocycles. The lowest BCUT2D eigenvalue weighted by Gasteiger charge is -2.06. The van der Waals surface area contributed by atoms with Gasteiger partial charge in [-0.1, -0.05) is 54.6 Å². The summed E-state index contributed by atoms with van der Waals surface area (Å²) in [6.45, 7) is 0.990. The fraction of sp³-hybridized carbons (Fsp3) is 0.200. The molecular formula is C15H18N2O2S. The summed E-state index contributed by atoms with van der Waals surface area (Å²) < 4.78 is 21.6. The number of sulfonamides is 1. The van der Waals surface area contributed by atoms with Gasteiger partial charge in [0.1, 0.15) is 0 Å². The molecule has 4 nitrogen and oxygen atoms in total. The van der Waals surface area contributed by atoms with Gasteiger partial charge in [0, 0.05) is 13.1 Å². The van der Waals surface area contributed by atoms with Crippen molar-refractivity contribution in [3.8, 4) is 11.1 Å². The molecule has 0 unspecified atom stereocenters. The number of benzene rings is 2. The Hall–Kier alpha value is -1.69. The molecule has 0 aliphatic rings. The van der Waals surface area contributed by atoms with Crippen LogP contribution in [0.1, 0.15) is 5.56 Å². The predicted octanol–water partition coefficient (Wildman–Crippen LogP) is 1.73. The maximum absolute atomic E-state index is 10.8. The number of hydrogen-bond acceptors (Lipinski definition) is 3. The summed E-state index contributed by atoms with van der Waals surface area (Å²) in [4.78, 5) is 0. The largest absolute Gasteiger partial charge is 0.312 e. The normalized spacial score (nSPS) is 11.4. The Bertz CT molecular complexity index is 637. The van der Waals surface area contributed by atoms with E-state index in [1.807, 2.05) is 30.3 Å². The van der Waals surface area contributed by atoms with Crippen LogP contribution in [0.15, 0.2) is 54.6 Å². The maximum Gasteiger partial charge on any atom is 0.210 e. The van der Waals surface area contributed by atoms with Crippen LogP contribution in [0.5, 0.6) is 0 Å². The molecule has 0 atom stereocenters. The monoisotopic (exact) mass is 290 g/mol. The smallest absolute Gasteiger partial charge is 0.210 e. The van der Waals surface area contributed by atoms with Crippen molar-refractivity contribution in [2.24, 2.45) is 5.14 Å². The van der Waals surface area contributed by atoms with Gasteiger partial charge >= 0.3 is 0 Å². The van der Waals surface area contributed by atoms with E-state index >= 15 is 0 Å². The minimum atomic E-state index is -3.38. The van der Waals surface area contributed by atoms with Crippen molar-refractivity contribution in [2.45, 2.75) is 6.54 Å². The number of rotatable bonds is 6. The third-order valence-corrected chi connectivity index (χ3v) is 3.73. The number of primary sulfonamides is 1. The third-order valence-electron chi connectivity index (χ3n) is 2.95. The van der Waals surface area contributed by atoms with Crippen LogP contribution in [0.2, 0.25) is 0 Å². The van der Waals surface area contributed by atoms with Gasteiger partial charge in [0.05, 0.1) is 5.75 Å². The van der Waals surface area contributed by atoms with E-state index in [0.29, 0.717) is 13.1 Å². The van der Waals surface area contributed by atoms with Crippen molar-refractivity contribution in [1.29, 1.82) is 0 Å². The first-order valence-electron chi connectivity index (χ1n) is 6.40. The fourth-order valence-electron chi connectivity index (χ4n) is 1.89. The highest BCUT2D eigenvalue weighted by molar-refractivity contribution is 7.89. The van der Waals surface area contributed by atoms with Gasteiger partial charge in [-0.2, -0.15) is 0 Å². The van der Waals surface area contributed by atoms with E-state index in [2.05, 4.69) is 29.6 Å². The molecular weight excluding hydrogens is 272 g/mol. The maximum atomic E-state index is 10.8. The minimum absolute atomic E-state index is 0.0465. The molecule has 0 aliphatic carbocycles. The second kappa shape index (κ2) is 6.65. The molecule has 0 saturated heterocycles. The number of nitrogens with two attached hydrogens (primary N) is 1. The highest BCUT2D eigenvalue weighted by Crippen LogP contribution is 2.19. The van der Waals surface area contributed by atoms with Crippen molar-refractivity contribution in [3.63, 3.8) is 0 Å². The zero-order chi connectivity index (χ0) is 14.4. The lowest BCUT2D eigenvalue weighted by atomic mass is 10.0. The quantitative estimate of drug-likeness (QED) is 0.796. The summed E-state index contributed by atoms with van der Waals surface area (Å²) >= 11 is 0. The molecule has 0 heterocycles. The molecule has 3 N–H and O–H groups in total. The van der Waals surface area contributed by atoms with Gasteiger partial charge in [-0.05, 0) is 16.7 Å². The first-order valence-corrected chi connectivity index (χ1v) is 8.12. The zero-order valence-electron chi connectivity index (χ0n) is 11.1. The summed E-state index contributed by atoms with van der Waals surface area (Å²) in [5, 5.41) is 7.99. The molecule has 0 saturated carbocycles. The first kappa shape index (κ1) is 14.7. The van der Waals surface area contributed by atoms with Crippen molar-refractivity contribution in [1.82, 2.24) is 5.32 Å². The van der Waals surface area contributed by atoms with Crippen LogP contribution < -0.4 is 10.5 Å². The van der Waals surface area contributed by atoms with Crippen LogP contribution in [-0.2, 0) is 16.6 Å². The van der Waals surface area contributed by atoms with E-state index in [1.165, 1.54) is 11.1 Å². The van der Waals surface area contributed by atoms with Crippen molar-refractivity contribution < 1.29 is 8.42 Å². The predicted molar refractivity (Wildman–Crippen MR) is 81.6 cm³/mol. The van der Waals surface area contributed by atoms with Gasteiger partial charge in [-0.15, -0.1) is 0 Å². The van der Waals surface area contributed by atoms with Crippen LogP contribution >= 0.6 is 0 Å². The summed E-state index contributed by atoms with van der Waals surface area (Å²) in [5.74, 6) is -0.0465. The van der Waals surface area contributed by atoms with Crippen LogP contribution in [0.4, 0.5) is 0 Å². The molecule has 0 amide bonds. The summed E-state index contributed by atoms with van der Waals surface area (Å²) in [6, 6.07) is 18.3. The van der Waals surface area contributed by atoms with E-state index in [9.17, 15) is 8.42 Å². The van der Waals surface area contributed by atoms with Gasteiger partial charge < -0.3 is 5.32 Å². The molecule has 0 fully saturated rings. The topological polar surface area (TPSA) is 72.2 Å². The third kappa shape index (κ3) is 4.77. The van der Waals surface area contributed by atoms with Gasteiger partial charge in [0.25, 0.3) is 0 Å². The standard InChI is InChI=1S/C15H18N2O2S/c16-20(18,19)11-10-17-12-13-6-8-15(9-7-13)14-4-2-1-3-5-14/h1-9,17H,10-12H2,(H2,16,18,19). The highest BCUT2D eigenvalue weighted by Gasteiger charge is 2.01. The van der Waals surface area contributed by atoms with E-state index in [-0.39, 0.29) is 5.75 Å². The molecule has 106 valence electrons. The average Bonchev–Trinajstić information content (AvgIpc) is 2.44. The molecule has 0 radical (unpaired) electrons. The average molecular weight is 290 g/mol. The van der Waals surface area contributed by atoms with Gasteiger partial charge in [-0.25, -0.2) is 13.6 Å². The number of hydrogen-bond donors (Lipinski definition) is 2. The summed E-state index contributed by atoms with van der Waals surface area (Å²) in [5.41, 5.74) is 3.46. The Kier molecular flexibility index (Phi) is 4.89. The van der Waals surface area contributed by atoms with Gasteiger partial charge in [-0.3, -0.25) is 0 Å². The fourth-order valence-corrected chi connectivity index (χ4v) is 2.32. The van der Waals surface area contributed by atoms with Crippen LogP contribution in [0, 0.1) is 0 Å². The Morgan fingerprint density at radius 2 is 1.50 bits per heavy atom. The Morgan fingerprint density at radius 3 is 2.10 bits per heavy atom. The SMILES string of the molecule is NS(=O)(=O)CCNCc1ccc(-c2ccccc2)cc1. The van der Waals surface area contributed by atoms with E-state index in [1.54, 1.807) is 0 Å². The van der Waals surface area contributed by atoms with Crippen LogP contribution in [-0.4, -0.2) is 20.7 Å². The lowest BCUT2D eigenvalue weighted by Crippen LogP contribution is -2.26. The van der Waals surface area contributed by atoms with E-state index in [4.69, 9.17) is 5.14 Å². The highest BCUT2D eigenvalue weighted by atomic mass is 32.2. The van der Waals surface area contributed by atoms with E-state index < -0.39 is 10.0 Å². The zero-order valence-corrected chi connectivity index (χ0v) is 11.9. The molecule has 2 aromatic rings. The molecule has 5 heteroatoms. The Labute approximate surface area is 119 Å². The molecule has 0 spiro atoms. The van der Waals surface area contributed by atoms with Gasteiger partial charge in [0.2, 0.25) is 10.0 Å². The Balaban J connectivity index is 1.89. The van der Waals surface area contributed by atoms with Crippen LogP contribution in [0.25, 0.3) is 11.1 Å². The van der Waals surface area contributed by atoms with Crippen molar-refractivity contribution in [2.75, 3.05) is 12.3 Å². The molecule has 2 aromatic carbocycles. The lowest BCUT2D eigenvalue weighted by molar-refractivity contribution is 0.592. The minimum Gasteiger partial charge on any atom is -0.312 e. The molecule has 2 rings (SSSR count). The van der Waals surface area contributed by atoms with E-state index in [0.717, 1.165) is 5.56 Å². The van der Waals surface area contributed by atoms with Crippen molar-refractivity contribution >= 4 is 10.0 Å². The van der Waals surface area contributed by atoms with Gasteiger partial charge in [0.15, 0.2) is 0 Å². The number of nitrogens with one attached hydrogen (secondary N) is 1. The molecule has 20 heavy (non-hydrogen) atoms. The van der Waals surface area contributed by atoms with Crippen LogP contribution in [0.3, 0.4) is 0 Å². The second-order valence-corrected chi connectivity index (χ2v) is 6.34. The summed E-state index contributed by atoms with van der Waals surface area (Å²) in [7, 11) is -3.38. The Morgan fingerprint density at radius 1 is 0.900 bits per heavy atom. The molecule has 0 aliphatic heterocycles. The second-order valence-electron chi connectivity index (χ2n) is 4.61. The molecule has 0 bridgehead atoms. The van der Waals surface area contributed by atoms with Crippen molar-refractivity contribution in [3.05, 3.63) is 60.2 Å². The first-order chi connectivity index (χ1) is 9.54. The summed E-state index contributed by atoms with van der Waals surface area (Å²) in [6.07, 6.45) is 0.